The molecule has 0 heterocycles. The molecule has 6 nitrogen and oxygen atoms in total. The summed E-state index contributed by atoms with van der Waals surface area (Å²) in [6.07, 6.45) is 2.23. The van der Waals surface area contributed by atoms with Gasteiger partial charge in [-0.25, -0.2) is 4.79 Å². The van der Waals surface area contributed by atoms with E-state index in [1.807, 2.05) is 6.26 Å². The lowest BCUT2D eigenvalue weighted by atomic mass is 10.1. The summed E-state index contributed by atoms with van der Waals surface area (Å²) in [5.74, 6) is -1.08. The molecule has 0 bridgehead atoms. The first-order valence-electron chi connectivity index (χ1n) is 8.76. The molecule has 0 aliphatic heterocycles. The highest BCUT2D eigenvalue weighted by atomic mass is 35.5. The highest BCUT2D eigenvalue weighted by Crippen LogP contribution is 2.22. The maximum Gasteiger partial charge on any atom is 0.329 e. The number of amides is 2. The summed E-state index contributed by atoms with van der Waals surface area (Å²) in [7, 11) is 0. The molecule has 0 fully saturated rings. The average Bonchev–Trinajstić information content (AvgIpc) is 2.68. The number of nitrogens with one attached hydrogen (secondary N) is 2. The molecule has 10 heteroatoms. The van der Waals surface area contributed by atoms with Crippen LogP contribution in [0, 0.1) is 0 Å². The first-order chi connectivity index (χ1) is 14.3. The third kappa shape index (κ3) is 8.07. The number of carbonyl (C=O) groups is 3. The van der Waals surface area contributed by atoms with Gasteiger partial charge in [-0.15, -0.1) is 0 Å². The van der Waals surface area contributed by atoms with E-state index in [1.165, 1.54) is 30.0 Å². The Kier molecular flexibility index (Phi) is 9.78. The Morgan fingerprint density at radius 1 is 1.00 bits per heavy atom. The Morgan fingerprint density at radius 3 is 2.23 bits per heavy atom. The van der Waals surface area contributed by atoms with Crippen molar-refractivity contribution < 1.29 is 19.1 Å². The minimum atomic E-state index is -0.894. The minimum Gasteiger partial charge on any atom is -0.454 e. The van der Waals surface area contributed by atoms with Crippen LogP contribution in [-0.4, -0.2) is 42.4 Å². The van der Waals surface area contributed by atoms with E-state index in [-0.39, 0.29) is 0 Å². The van der Waals surface area contributed by atoms with Gasteiger partial charge in [-0.2, -0.15) is 11.8 Å². The monoisotopic (exact) mass is 488 g/mol. The molecule has 2 rings (SSSR count). The first kappa shape index (κ1) is 24.3. The van der Waals surface area contributed by atoms with Crippen LogP contribution in [0.4, 0.5) is 5.69 Å². The number of benzene rings is 2. The van der Waals surface area contributed by atoms with Gasteiger partial charge in [0.15, 0.2) is 6.61 Å². The van der Waals surface area contributed by atoms with Crippen molar-refractivity contribution in [2.75, 3.05) is 23.9 Å². The molecule has 30 heavy (non-hydrogen) atoms. The SMILES string of the molecule is CSCC[C@H](NC(=O)c1ccc(Cl)cc1)C(=O)OCC(=O)Nc1cc(Cl)cc(Cl)c1. The Hall–Kier alpha value is -1.93. The Labute approximate surface area is 193 Å². The molecular weight excluding hydrogens is 471 g/mol. The third-order valence-corrected chi connectivity index (χ3v) is 5.13. The van der Waals surface area contributed by atoms with Crippen molar-refractivity contribution in [2.24, 2.45) is 0 Å². The summed E-state index contributed by atoms with van der Waals surface area (Å²) < 4.78 is 5.09. The van der Waals surface area contributed by atoms with Gasteiger partial charge in [0.2, 0.25) is 0 Å². The largest absolute Gasteiger partial charge is 0.454 e. The summed E-state index contributed by atoms with van der Waals surface area (Å²) in [6.45, 7) is -0.518. The van der Waals surface area contributed by atoms with Crippen LogP contribution in [0.25, 0.3) is 0 Å². The van der Waals surface area contributed by atoms with Crippen molar-refractivity contribution in [1.82, 2.24) is 5.32 Å². The average molecular weight is 490 g/mol. The van der Waals surface area contributed by atoms with Gasteiger partial charge in [-0.1, -0.05) is 34.8 Å². The number of halogens is 3. The van der Waals surface area contributed by atoms with Crippen LogP contribution in [0.3, 0.4) is 0 Å². The number of esters is 1. The summed E-state index contributed by atoms with van der Waals surface area (Å²) in [5, 5.41) is 6.40. The van der Waals surface area contributed by atoms with Crippen molar-refractivity contribution in [2.45, 2.75) is 12.5 Å². The molecule has 0 aliphatic carbocycles. The van der Waals surface area contributed by atoms with Crippen LogP contribution in [0.5, 0.6) is 0 Å². The first-order valence-corrected chi connectivity index (χ1v) is 11.3. The van der Waals surface area contributed by atoms with Gasteiger partial charge in [0.05, 0.1) is 0 Å². The van der Waals surface area contributed by atoms with Crippen molar-refractivity contribution in [3.05, 3.63) is 63.1 Å². The van der Waals surface area contributed by atoms with Crippen LogP contribution in [-0.2, 0) is 14.3 Å². The zero-order valence-corrected chi connectivity index (χ0v) is 19.0. The predicted molar refractivity (Wildman–Crippen MR) is 122 cm³/mol. The van der Waals surface area contributed by atoms with E-state index >= 15 is 0 Å². The second-order valence-corrected chi connectivity index (χ2v) is 8.42. The number of anilines is 1. The lowest BCUT2D eigenvalue weighted by Gasteiger charge is -2.17. The Balaban J connectivity index is 1.94. The summed E-state index contributed by atoms with van der Waals surface area (Å²) in [4.78, 5) is 36.9. The van der Waals surface area contributed by atoms with Gasteiger partial charge in [0.25, 0.3) is 11.8 Å². The van der Waals surface area contributed by atoms with Crippen molar-refractivity contribution >= 4 is 70.0 Å². The molecule has 0 spiro atoms. The van der Waals surface area contributed by atoms with E-state index in [9.17, 15) is 14.4 Å². The fourth-order valence-electron chi connectivity index (χ4n) is 2.39. The number of hydrogen-bond acceptors (Lipinski definition) is 5. The fraction of sp³-hybridized carbons (Fsp3) is 0.250. The number of carbonyl (C=O) groups excluding carboxylic acids is 3. The molecule has 160 valence electrons. The highest BCUT2D eigenvalue weighted by Gasteiger charge is 2.23. The highest BCUT2D eigenvalue weighted by molar-refractivity contribution is 7.98. The second-order valence-electron chi connectivity index (χ2n) is 6.13. The van der Waals surface area contributed by atoms with E-state index in [0.29, 0.717) is 38.5 Å². The van der Waals surface area contributed by atoms with Gasteiger partial charge in [-0.05, 0) is 60.9 Å². The van der Waals surface area contributed by atoms with Crippen LogP contribution in [0.2, 0.25) is 15.1 Å². The van der Waals surface area contributed by atoms with Crippen molar-refractivity contribution in [1.29, 1.82) is 0 Å². The van der Waals surface area contributed by atoms with Gasteiger partial charge < -0.3 is 15.4 Å². The number of rotatable bonds is 9. The maximum atomic E-state index is 12.4. The quantitative estimate of drug-likeness (QED) is 0.500. The number of thioether (sulfide) groups is 1. The molecule has 0 saturated carbocycles. The van der Waals surface area contributed by atoms with E-state index in [4.69, 9.17) is 39.5 Å². The van der Waals surface area contributed by atoms with E-state index in [2.05, 4.69) is 10.6 Å². The standard InChI is InChI=1S/C20H19Cl3N2O4S/c1-30-7-6-17(25-19(27)12-2-4-13(21)5-3-12)20(28)29-11-18(26)24-16-9-14(22)8-15(23)10-16/h2-5,8-10,17H,6-7,11H2,1H3,(H,24,26)(H,25,27)/t17-/m0/s1. The summed E-state index contributed by atoms with van der Waals surface area (Å²) >= 11 is 19.1. The lowest BCUT2D eigenvalue weighted by molar-refractivity contribution is -0.149. The molecule has 0 aromatic heterocycles. The van der Waals surface area contributed by atoms with Gasteiger partial charge in [0, 0.05) is 26.3 Å². The minimum absolute atomic E-state index is 0.352. The van der Waals surface area contributed by atoms with Gasteiger partial charge >= 0.3 is 5.97 Å². The summed E-state index contributed by atoms with van der Waals surface area (Å²) in [6, 6.07) is 9.93. The molecule has 2 amide bonds. The van der Waals surface area contributed by atoms with Gasteiger partial charge in [0.1, 0.15) is 6.04 Å². The third-order valence-electron chi connectivity index (χ3n) is 3.80. The van der Waals surface area contributed by atoms with E-state index < -0.39 is 30.4 Å². The van der Waals surface area contributed by atoms with E-state index in [0.717, 1.165) is 0 Å². The van der Waals surface area contributed by atoms with Crippen LogP contribution >= 0.6 is 46.6 Å². The van der Waals surface area contributed by atoms with Crippen LogP contribution in [0.1, 0.15) is 16.8 Å². The predicted octanol–water partition coefficient (Wildman–Crippen LogP) is 4.68. The topological polar surface area (TPSA) is 84.5 Å². The normalized spacial score (nSPS) is 11.5. The Morgan fingerprint density at radius 2 is 1.63 bits per heavy atom. The van der Waals surface area contributed by atoms with Crippen LogP contribution < -0.4 is 10.6 Å². The summed E-state index contributed by atoms with van der Waals surface area (Å²) in [5.41, 5.74) is 0.737. The molecule has 0 aliphatic rings. The second kappa shape index (κ2) is 12.1. The Bertz CT molecular complexity index is 889. The zero-order chi connectivity index (χ0) is 22.1. The number of hydrogen-bond donors (Lipinski definition) is 2. The van der Waals surface area contributed by atoms with Gasteiger partial charge in [-0.3, -0.25) is 9.59 Å². The fourth-order valence-corrected chi connectivity index (χ4v) is 3.51. The molecular formula is C20H19Cl3N2O4S. The van der Waals surface area contributed by atoms with Crippen LogP contribution in [0.15, 0.2) is 42.5 Å². The molecule has 0 unspecified atom stereocenters. The van der Waals surface area contributed by atoms with E-state index in [1.54, 1.807) is 24.3 Å². The smallest absolute Gasteiger partial charge is 0.329 e. The molecule has 2 aromatic carbocycles. The zero-order valence-electron chi connectivity index (χ0n) is 15.9. The lowest BCUT2D eigenvalue weighted by Crippen LogP contribution is -2.43. The molecule has 1 atom stereocenters. The maximum absolute atomic E-state index is 12.4. The molecule has 0 radical (unpaired) electrons. The van der Waals surface area contributed by atoms with Crippen molar-refractivity contribution in [3.8, 4) is 0 Å². The molecule has 2 N–H and O–H groups in total. The number of ether oxygens (including phenoxy) is 1. The molecule has 0 saturated heterocycles. The molecule has 2 aromatic rings. The van der Waals surface area contributed by atoms with Crippen molar-refractivity contribution in [3.63, 3.8) is 0 Å².